The molecule has 0 aromatic carbocycles. The first kappa shape index (κ1) is 20.9. The molecule has 3 rings (SSSR count). The molecule has 2 atom stereocenters. The van der Waals surface area contributed by atoms with E-state index in [2.05, 4.69) is 0 Å². The van der Waals surface area contributed by atoms with Crippen LogP contribution in [-0.2, 0) is 19.7 Å². The number of carbonyl (C=O) groups is 1. The summed E-state index contributed by atoms with van der Waals surface area (Å²) in [7, 11) is -3.44. The van der Waals surface area contributed by atoms with Gasteiger partial charge in [0.1, 0.15) is 0 Å². The van der Waals surface area contributed by atoms with Crippen LogP contribution >= 0.6 is 12.4 Å². The van der Waals surface area contributed by atoms with Crippen molar-refractivity contribution in [3.8, 4) is 0 Å². The molecule has 1 amide bonds. The minimum atomic E-state index is -3.44. The smallest absolute Gasteiger partial charge is 0.282 e. The number of hydrogen-bond donors (Lipinski definition) is 1. The molecule has 3 fully saturated rings. The van der Waals surface area contributed by atoms with Crippen molar-refractivity contribution in [1.29, 1.82) is 0 Å². The van der Waals surface area contributed by atoms with Gasteiger partial charge in [-0.2, -0.15) is 17.0 Å². The summed E-state index contributed by atoms with van der Waals surface area (Å²) in [6, 6.07) is 0.121. The Morgan fingerprint density at radius 1 is 0.960 bits per heavy atom. The van der Waals surface area contributed by atoms with Gasteiger partial charge in [-0.1, -0.05) is 6.42 Å². The number of halogens is 1. The molecule has 2 saturated heterocycles. The van der Waals surface area contributed by atoms with Gasteiger partial charge in [-0.15, -0.1) is 12.4 Å². The highest BCUT2D eigenvalue weighted by molar-refractivity contribution is 7.86. The van der Waals surface area contributed by atoms with E-state index in [4.69, 9.17) is 10.5 Å². The molecule has 8 nitrogen and oxygen atoms in total. The van der Waals surface area contributed by atoms with E-state index in [0.29, 0.717) is 52.5 Å². The largest absolute Gasteiger partial charge is 0.379 e. The lowest BCUT2D eigenvalue weighted by Gasteiger charge is -2.39. The molecular formula is C15H29ClN4O4S. The van der Waals surface area contributed by atoms with Gasteiger partial charge in [-0.05, 0) is 19.3 Å². The fourth-order valence-electron chi connectivity index (χ4n) is 3.79. The van der Waals surface area contributed by atoms with Gasteiger partial charge in [0.15, 0.2) is 0 Å². The Morgan fingerprint density at radius 3 is 2.16 bits per heavy atom. The van der Waals surface area contributed by atoms with Crippen LogP contribution in [0.25, 0.3) is 0 Å². The minimum Gasteiger partial charge on any atom is -0.379 e. The molecule has 25 heavy (non-hydrogen) atoms. The van der Waals surface area contributed by atoms with E-state index in [-0.39, 0.29) is 30.3 Å². The Bertz CT molecular complexity index is 548. The summed E-state index contributed by atoms with van der Waals surface area (Å²) >= 11 is 0. The zero-order valence-corrected chi connectivity index (χ0v) is 16.1. The molecule has 1 aliphatic carbocycles. The molecule has 146 valence electrons. The molecule has 1 saturated carbocycles. The number of piperazine rings is 1. The number of ether oxygens (including phenoxy) is 1. The minimum absolute atomic E-state index is 0. The number of nitrogens with zero attached hydrogens (tertiary/aromatic N) is 3. The van der Waals surface area contributed by atoms with Crippen LogP contribution in [-0.4, -0.2) is 86.4 Å². The number of amides is 1. The van der Waals surface area contributed by atoms with E-state index in [1.165, 1.54) is 8.61 Å². The molecular weight excluding hydrogens is 368 g/mol. The summed E-state index contributed by atoms with van der Waals surface area (Å²) in [5.74, 6) is 0.157. The number of carbonyl (C=O) groups excluding carboxylic acids is 1. The topological polar surface area (TPSA) is 96.2 Å². The average molecular weight is 397 g/mol. The molecule has 0 radical (unpaired) electrons. The van der Waals surface area contributed by atoms with Crippen molar-refractivity contribution in [2.45, 2.75) is 31.7 Å². The Kier molecular flexibility index (Phi) is 7.48. The average Bonchev–Trinajstić information content (AvgIpc) is 2.62. The van der Waals surface area contributed by atoms with Crippen LogP contribution in [0.5, 0.6) is 0 Å². The van der Waals surface area contributed by atoms with Gasteiger partial charge in [0, 0.05) is 51.2 Å². The van der Waals surface area contributed by atoms with Crippen LogP contribution < -0.4 is 5.73 Å². The number of nitrogens with two attached hydrogens (primary N) is 1. The van der Waals surface area contributed by atoms with E-state index in [1.807, 2.05) is 4.90 Å². The summed E-state index contributed by atoms with van der Waals surface area (Å²) in [6.07, 6.45) is 3.66. The molecule has 2 heterocycles. The van der Waals surface area contributed by atoms with Crippen molar-refractivity contribution in [2.24, 2.45) is 11.7 Å². The van der Waals surface area contributed by atoms with Crippen molar-refractivity contribution < 1.29 is 17.9 Å². The molecule has 0 aromatic heterocycles. The molecule has 0 aromatic rings. The Balaban J connectivity index is 0.00000225. The zero-order valence-electron chi connectivity index (χ0n) is 14.5. The maximum absolute atomic E-state index is 12.6. The maximum atomic E-state index is 12.6. The monoisotopic (exact) mass is 396 g/mol. The predicted octanol–water partition coefficient (Wildman–Crippen LogP) is -0.353. The molecule has 2 unspecified atom stereocenters. The third kappa shape index (κ3) is 4.84. The predicted molar refractivity (Wildman–Crippen MR) is 96.6 cm³/mol. The second kappa shape index (κ2) is 8.96. The first-order chi connectivity index (χ1) is 11.5. The van der Waals surface area contributed by atoms with Gasteiger partial charge in [-0.3, -0.25) is 4.79 Å². The van der Waals surface area contributed by atoms with Gasteiger partial charge in [0.2, 0.25) is 5.91 Å². The third-order valence-corrected chi connectivity index (χ3v) is 7.27. The normalized spacial score (nSPS) is 29.9. The molecule has 10 heteroatoms. The Hall–Kier alpha value is -0.450. The lowest BCUT2D eigenvalue weighted by atomic mass is 9.85. The van der Waals surface area contributed by atoms with Crippen LogP contribution in [0.15, 0.2) is 0 Å². The summed E-state index contributed by atoms with van der Waals surface area (Å²) in [5.41, 5.74) is 5.98. The highest BCUT2D eigenvalue weighted by atomic mass is 35.5. The second-order valence-corrected chi connectivity index (χ2v) is 8.80. The van der Waals surface area contributed by atoms with Crippen molar-refractivity contribution in [3.05, 3.63) is 0 Å². The molecule has 2 aliphatic heterocycles. The quantitative estimate of drug-likeness (QED) is 0.703. The third-order valence-electron chi connectivity index (χ3n) is 5.24. The summed E-state index contributed by atoms with van der Waals surface area (Å²) in [4.78, 5) is 14.4. The van der Waals surface area contributed by atoms with Gasteiger partial charge in [0.25, 0.3) is 10.2 Å². The Labute approximate surface area is 156 Å². The maximum Gasteiger partial charge on any atom is 0.282 e. The second-order valence-electron chi connectivity index (χ2n) is 6.87. The molecule has 3 aliphatic rings. The number of hydrogen-bond acceptors (Lipinski definition) is 5. The SMILES string of the molecule is Cl.NC1CCCC(C(=O)N2CCN(S(=O)(=O)N3CCOCC3)CC2)C1. The standard InChI is InChI=1S/C15H28N4O4S.ClH/c16-14-3-1-2-13(12-14)15(20)17-4-6-18(7-5-17)24(21,22)19-8-10-23-11-9-19;/h13-14H,1-12,16H2;1H. The first-order valence-electron chi connectivity index (χ1n) is 8.86. The summed E-state index contributed by atoms with van der Waals surface area (Å²) in [5, 5.41) is 0. The first-order valence-corrected chi connectivity index (χ1v) is 10.3. The summed E-state index contributed by atoms with van der Waals surface area (Å²) in [6.45, 7) is 3.36. The van der Waals surface area contributed by atoms with E-state index in [0.717, 1.165) is 25.7 Å². The van der Waals surface area contributed by atoms with E-state index in [9.17, 15) is 13.2 Å². The van der Waals surface area contributed by atoms with Crippen molar-refractivity contribution in [1.82, 2.24) is 13.5 Å². The van der Waals surface area contributed by atoms with Crippen molar-refractivity contribution in [3.63, 3.8) is 0 Å². The number of rotatable bonds is 3. The van der Waals surface area contributed by atoms with Gasteiger partial charge in [-0.25, -0.2) is 0 Å². The van der Waals surface area contributed by atoms with E-state index in [1.54, 1.807) is 0 Å². The highest BCUT2D eigenvalue weighted by Crippen LogP contribution is 2.25. The van der Waals surface area contributed by atoms with Crippen LogP contribution in [0.4, 0.5) is 0 Å². The van der Waals surface area contributed by atoms with Crippen LogP contribution in [0.1, 0.15) is 25.7 Å². The lowest BCUT2D eigenvalue weighted by molar-refractivity contribution is -0.138. The molecule has 0 bridgehead atoms. The van der Waals surface area contributed by atoms with E-state index < -0.39 is 10.2 Å². The fourth-order valence-corrected chi connectivity index (χ4v) is 5.35. The highest BCUT2D eigenvalue weighted by Gasteiger charge is 2.36. The fraction of sp³-hybridized carbons (Fsp3) is 0.933. The number of morpholine rings is 1. The van der Waals surface area contributed by atoms with Gasteiger partial charge < -0.3 is 15.4 Å². The van der Waals surface area contributed by atoms with Crippen LogP contribution in [0.2, 0.25) is 0 Å². The lowest BCUT2D eigenvalue weighted by Crippen LogP contribution is -2.56. The van der Waals surface area contributed by atoms with Gasteiger partial charge >= 0.3 is 0 Å². The van der Waals surface area contributed by atoms with Crippen molar-refractivity contribution >= 4 is 28.5 Å². The molecule has 2 N–H and O–H groups in total. The Morgan fingerprint density at radius 2 is 1.56 bits per heavy atom. The van der Waals surface area contributed by atoms with Gasteiger partial charge in [0.05, 0.1) is 13.2 Å². The van der Waals surface area contributed by atoms with Crippen LogP contribution in [0, 0.1) is 5.92 Å². The van der Waals surface area contributed by atoms with Crippen LogP contribution in [0.3, 0.4) is 0 Å². The van der Waals surface area contributed by atoms with E-state index >= 15 is 0 Å². The molecule has 0 spiro atoms. The zero-order chi connectivity index (χ0) is 17.2. The summed E-state index contributed by atoms with van der Waals surface area (Å²) < 4.78 is 33.5. The van der Waals surface area contributed by atoms with Crippen molar-refractivity contribution in [2.75, 3.05) is 52.5 Å².